The van der Waals surface area contributed by atoms with E-state index in [1.54, 1.807) is 0 Å². The molecular weight excluding hydrogens is 892 g/mol. The van der Waals surface area contributed by atoms with E-state index in [0.717, 1.165) is 72.9 Å². The van der Waals surface area contributed by atoms with Crippen molar-refractivity contribution in [3.8, 4) is 45.5 Å². The highest BCUT2D eigenvalue weighted by Crippen LogP contribution is 2.44. The van der Waals surface area contributed by atoms with E-state index in [-0.39, 0.29) is 6.71 Å². The molecule has 2 aromatic heterocycles. The second-order valence-electron chi connectivity index (χ2n) is 19.1. The van der Waals surface area contributed by atoms with Gasteiger partial charge in [-0.3, -0.25) is 0 Å². The molecule has 0 fully saturated rings. The predicted molar refractivity (Wildman–Crippen MR) is 302 cm³/mol. The van der Waals surface area contributed by atoms with Crippen molar-refractivity contribution in [3.05, 3.63) is 261 Å². The number of para-hydroxylation sites is 6. The normalized spacial score (nSPS) is 12.6. The third-order valence-electron chi connectivity index (χ3n) is 15.4. The van der Waals surface area contributed by atoms with Crippen molar-refractivity contribution in [1.82, 2.24) is 9.13 Å². The lowest BCUT2D eigenvalue weighted by Gasteiger charge is -2.35. The molecular formula is C66H43BN2O2Si. The number of benzene rings is 11. The molecule has 4 heterocycles. The monoisotopic (exact) mass is 934 g/mol. The van der Waals surface area contributed by atoms with Gasteiger partial charge in [-0.1, -0.05) is 206 Å². The van der Waals surface area contributed by atoms with Gasteiger partial charge >= 0.3 is 0 Å². The average molecular weight is 935 g/mol. The maximum absolute atomic E-state index is 7.05. The molecule has 4 nitrogen and oxygen atoms in total. The molecule has 11 aromatic carbocycles. The Kier molecular flexibility index (Phi) is 9.04. The van der Waals surface area contributed by atoms with Crippen LogP contribution in [0.3, 0.4) is 0 Å². The smallest absolute Gasteiger partial charge is 0.260 e. The van der Waals surface area contributed by atoms with Gasteiger partial charge in [-0.2, -0.15) is 0 Å². The first-order valence-corrected chi connectivity index (χ1v) is 26.8. The molecule has 0 saturated carbocycles. The molecule has 2 aliphatic rings. The first-order valence-electron chi connectivity index (χ1n) is 24.8. The van der Waals surface area contributed by atoms with Gasteiger partial charge in [0, 0.05) is 32.6 Å². The lowest BCUT2D eigenvalue weighted by Crippen LogP contribution is -2.74. The van der Waals surface area contributed by atoms with Crippen LogP contribution in [0.2, 0.25) is 0 Å². The molecule has 0 radical (unpaired) electrons. The molecule has 15 rings (SSSR count). The predicted octanol–water partition coefficient (Wildman–Crippen LogP) is 11.7. The number of ether oxygens (including phenoxy) is 2. The van der Waals surface area contributed by atoms with Gasteiger partial charge in [0.2, 0.25) is 0 Å². The largest absolute Gasteiger partial charge is 0.458 e. The topological polar surface area (TPSA) is 28.3 Å². The van der Waals surface area contributed by atoms with Crippen molar-refractivity contribution in [2.24, 2.45) is 0 Å². The summed E-state index contributed by atoms with van der Waals surface area (Å²) in [6.07, 6.45) is 0. The molecule has 0 saturated heterocycles. The third-order valence-corrected chi connectivity index (χ3v) is 20.2. The summed E-state index contributed by atoms with van der Waals surface area (Å²) in [5, 5.41) is 10.0. The highest BCUT2D eigenvalue weighted by molar-refractivity contribution is 7.20. The SMILES string of the molecule is c1ccc([Si](c2ccccc2)(c2ccccc2)c2ccc(-n3c4ccccc4c4cccc(-n5c6ccccc6c6ccccc65)c43)c(-c3cc4c5c(c3)Oc3ccccc3B5c3ccccc3O4)c2)cc1. The highest BCUT2D eigenvalue weighted by Gasteiger charge is 2.43. The molecule has 336 valence electrons. The fourth-order valence-electron chi connectivity index (χ4n) is 12.4. The summed E-state index contributed by atoms with van der Waals surface area (Å²) in [5.74, 6) is 3.35. The Bertz CT molecular complexity index is 4080. The second kappa shape index (κ2) is 16.0. The summed E-state index contributed by atoms with van der Waals surface area (Å²) in [7, 11) is -3.02. The van der Waals surface area contributed by atoms with Crippen molar-refractivity contribution in [2.45, 2.75) is 0 Å². The number of rotatable bonds is 7. The molecule has 0 unspecified atom stereocenters. The number of hydrogen-bond acceptors (Lipinski definition) is 2. The first kappa shape index (κ1) is 40.8. The average Bonchev–Trinajstić information content (AvgIpc) is 3.97. The van der Waals surface area contributed by atoms with Crippen molar-refractivity contribution in [1.29, 1.82) is 0 Å². The Morgan fingerprint density at radius 2 is 0.764 bits per heavy atom. The van der Waals surface area contributed by atoms with E-state index in [0.29, 0.717) is 0 Å². The van der Waals surface area contributed by atoms with Gasteiger partial charge in [0.25, 0.3) is 6.71 Å². The van der Waals surface area contributed by atoms with Crippen molar-refractivity contribution in [2.75, 3.05) is 0 Å². The highest BCUT2D eigenvalue weighted by atomic mass is 28.3. The van der Waals surface area contributed by atoms with Gasteiger partial charge in [0.1, 0.15) is 23.0 Å². The minimum absolute atomic E-state index is 0.0369. The molecule has 72 heavy (non-hydrogen) atoms. The standard InChI is InChI=1S/C66H43BN2O2Si/c1-4-21-45(22-5-1)72(46-23-6-2-7-24-46,47-25-8-3-9-26-47)48-39-40-59(53(43-48)44-41-63-65-64(42-44)71-62-38-19-14-32-55(62)67(65)54-31-13-18-37-61(54)70-63)69-58-35-17-12-29-51(58)52-30-20-36-60(66(52)69)68-56-33-15-10-27-49(56)50-28-11-16-34-57(50)68/h1-43H. The molecule has 6 heteroatoms. The minimum atomic E-state index is -3.02. The quantitative estimate of drug-likeness (QED) is 0.118. The van der Waals surface area contributed by atoms with Crippen molar-refractivity contribution >= 4 is 95.5 Å². The van der Waals surface area contributed by atoms with Crippen molar-refractivity contribution < 1.29 is 9.47 Å². The van der Waals surface area contributed by atoms with Gasteiger partial charge in [-0.05, 0) is 91.8 Å². The van der Waals surface area contributed by atoms with Gasteiger partial charge in [-0.15, -0.1) is 0 Å². The van der Waals surface area contributed by atoms with Gasteiger partial charge in [0.15, 0.2) is 8.07 Å². The Morgan fingerprint density at radius 1 is 0.319 bits per heavy atom. The molecule has 0 N–H and O–H groups in total. The molecule has 13 aromatic rings. The maximum Gasteiger partial charge on any atom is 0.260 e. The van der Waals surface area contributed by atoms with Crippen LogP contribution in [0.15, 0.2) is 261 Å². The Labute approximate surface area is 418 Å². The number of aromatic nitrogens is 2. The van der Waals surface area contributed by atoms with E-state index in [1.165, 1.54) is 53.3 Å². The van der Waals surface area contributed by atoms with Gasteiger partial charge in [-0.25, -0.2) is 0 Å². The lowest BCUT2D eigenvalue weighted by molar-refractivity contribution is 0.465. The Hall–Kier alpha value is -9.10. The summed E-state index contributed by atoms with van der Waals surface area (Å²) >= 11 is 0. The fraction of sp³-hybridized carbons (Fsp3) is 0. The van der Waals surface area contributed by atoms with Crippen LogP contribution in [0.1, 0.15) is 0 Å². The van der Waals surface area contributed by atoms with E-state index < -0.39 is 8.07 Å². The Balaban J connectivity index is 1.08. The zero-order valence-corrected chi connectivity index (χ0v) is 40.1. The zero-order valence-electron chi connectivity index (χ0n) is 39.1. The van der Waals surface area contributed by atoms with E-state index >= 15 is 0 Å². The van der Waals surface area contributed by atoms with Crippen LogP contribution < -0.4 is 46.6 Å². The zero-order chi connectivity index (χ0) is 47.3. The molecule has 2 aliphatic heterocycles. The van der Waals surface area contributed by atoms with Gasteiger partial charge < -0.3 is 18.6 Å². The second-order valence-corrected chi connectivity index (χ2v) is 22.9. The summed E-state index contributed by atoms with van der Waals surface area (Å²) < 4.78 is 19.1. The minimum Gasteiger partial charge on any atom is -0.458 e. The summed E-state index contributed by atoms with van der Waals surface area (Å²) in [4.78, 5) is 0. The van der Waals surface area contributed by atoms with E-state index in [4.69, 9.17) is 9.47 Å². The lowest BCUT2D eigenvalue weighted by atomic mass is 9.35. The number of fused-ring (bicyclic) bond motifs is 10. The summed E-state index contributed by atoms with van der Waals surface area (Å²) in [5.41, 5.74) is 12.2. The van der Waals surface area contributed by atoms with E-state index in [2.05, 4.69) is 270 Å². The van der Waals surface area contributed by atoms with Crippen LogP contribution in [-0.2, 0) is 0 Å². The maximum atomic E-state index is 7.05. The Morgan fingerprint density at radius 3 is 1.31 bits per heavy atom. The van der Waals surface area contributed by atoms with Crippen molar-refractivity contribution in [3.63, 3.8) is 0 Å². The molecule has 0 bridgehead atoms. The van der Waals surface area contributed by atoms with Crippen LogP contribution in [0.25, 0.3) is 66.1 Å². The van der Waals surface area contributed by atoms with E-state index in [1.807, 2.05) is 0 Å². The number of hydrogen-bond donors (Lipinski definition) is 0. The summed E-state index contributed by atoms with van der Waals surface area (Å²) in [6, 6.07) is 95.7. The molecule has 0 spiro atoms. The van der Waals surface area contributed by atoms with Crippen LogP contribution in [0.4, 0.5) is 0 Å². The van der Waals surface area contributed by atoms with Crippen LogP contribution >= 0.6 is 0 Å². The number of nitrogens with zero attached hydrogens (tertiary/aromatic N) is 2. The van der Waals surface area contributed by atoms with Gasteiger partial charge in [0.05, 0.1) is 33.4 Å². The fourth-order valence-corrected chi connectivity index (χ4v) is 17.2. The first-order chi connectivity index (χ1) is 35.7. The van der Waals surface area contributed by atoms with Crippen LogP contribution in [-0.4, -0.2) is 23.9 Å². The van der Waals surface area contributed by atoms with Crippen LogP contribution in [0, 0.1) is 0 Å². The molecule has 0 aliphatic carbocycles. The molecule has 0 atom stereocenters. The molecule has 0 amide bonds. The van der Waals surface area contributed by atoms with E-state index in [9.17, 15) is 0 Å². The summed E-state index contributed by atoms with van der Waals surface area (Å²) in [6.45, 7) is -0.0369. The third kappa shape index (κ3) is 5.87. The van der Waals surface area contributed by atoms with Crippen LogP contribution in [0.5, 0.6) is 23.0 Å².